The molecule has 0 saturated carbocycles. The average molecular weight is 287 g/mol. The van der Waals surface area contributed by atoms with Crippen molar-refractivity contribution in [2.75, 3.05) is 6.54 Å². The van der Waals surface area contributed by atoms with E-state index in [1.165, 1.54) is 5.57 Å². The average Bonchev–Trinajstić information content (AvgIpc) is 3.08. The molecule has 3 heteroatoms. The number of nitrogens with zero attached hydrogens (tertiary/aromatic N) is 1. The minimum atomic E-state index is -0.323. The molecule has 1 heterocycles. The summed E-state index contributed by atoms with van der Waals surface area (Å²) in [5, 5.41) is 0. The number of benzene rings is 1. The number of epoxide rings is 1. The van der Waals surface area contributed by atoms with Crippen molar-refractivity contribution in [2.45, 2.75) is 52.4 Å². The first-order chi connectivity index (χ1) is 9.83. The van der Waals surface area contributed by atoms with Crippen LogP contribution in [0.25, 0.3) is 0 Å². The summed E-state index contributed by atoms with van der Waals surface area (Å²) in [6, 6.07) is 10.2. The number of amides is 1. The molecule has 1 unspecified atom stereocenters. The van der Waals surface area contributed by atoms with Gasteiger partial charge in [-0.2, -0.15) is 0 Å². The third-order valence-electron chi connectivity index (χ3n) is 3.95. The van der Waals surface area contributed by atoms with E-state index in [2.05, 4.69) is 25.1 Å². The molecule has 114 valence electrons. The summed E-state index contributed by atoms with van der Waals surface area (Å²) >= 11 is 0. The van der Waals surface area contributed by atoms with Gasteiger partial charge in [0.15, 0.2) is 6.10 Å². The molecule has 1 aromatic carbocycles. The van der Waals surface area contributed by atoms with Gasteiger partial charge in [-0.3, -0.25) is 4.79 Å². The van der Waals surface area contributed by atoms with Crippen LogP contribution in [-0.2, 0) is 9.53 Å². The highest BCUT2D eigenvalue weighted by atomic mass is 16.6. The molecule has 1 aliphatic heterocycles. The van der Waals surface area contributed by atoms with Crippen molar-refractivity contribution in [1.82, 2.24) is 4.90 Å². The maximum absolute atomic E-state index is 12.7. The number of hydrogen-bond donors (Lipinski definition) is 0. The van der Waals surface area contributed by atoms with Crippen LogP contribution in [0.4, 0.5) is 0 Å². The SMILES string of the molecule is CC(C)=CCN(C(=O)C1OC1(C)C)[C@@H](C)c1ccccc1. The zero-order valence-corrected chi connectivity index (χ0v) is 13.6. The Morgan fingerprint density at radius 2 is 1.90 bits per heavy atom. The topological polar surface area (TPSA) is 32.8 Å². The normalized spacial score (nSPS) is 20.5. The Morgan fingerprint density at radius 1 is 1.33 bits per heavy atom. The third kappa shape index (κ3) is 3.73. The van der Waals surface area contributed by atoms with Crippen LogP contribution in [0.2, 0.25) is 0 Å². The van der Waals surface area contributed by atoms with Gasteiger partial charge in [0.05, 0.1) is 11.6 Å². The third-order valence-corrected chi connectivity index (χ3v) is 3.95. The Bertz CT molecular complexity index is 529. The first-order valence-corrected chi connectivity index (χ1v) is 7.49. The molecule has 0 aromatic heterocycles. The number of hydrogen-bond acceptors (Lipinski definition) is 2. The van der Waals surface area contributed by atoms with Crippen molar-refractivity contribution in [2.24, 2.45) is 0 Å². The van der Waals surface area contributed by atoms with Crippen molar-refractivity contribution < 1.29 is 9.53 Å². The molecular formula is C18H25NO2. The zero-order chi connectivity index (χ0) is 15.6. The van der Waals surface area contributed by atoms with Gasteiger partial charge in [0.2, 0.25) is 0 Å². The quantitative estimate of drug-likeness (QED) is 0.611. The highest BCUT2D eigenvalue weighted by molar-refractivity contribution is 5.85. The maximum Gasteiger partial charge on any atom is 0.255 e. The molecule has 1 saturated heterocycles. The molecule has 3 nitrogen and oxygen atoms in total. The fourth-order valence-corrected chi connectivity index (χ4v) is 2.40. The molecule has 1 aromatic rings. The van der Waals surface area contributed by atoms with Crippen molar-refractivity contribution in [3.8, 4) is 0 Å². The second kappa shape index (κ2) is 6.02. The summed E-state index contributed by atoms with van der Waals surface area (Å²) in [6.07, 6.45) is 1.78. The van der Waals surface area contributed by atoms with Crippen molar-refractivity contribution in [1.29, 1.82) is 0 Å². The summed E-state index contributed by atoms with van der Waals surface area (Å²) in [5.74, 6) is 0.0776. The number of carbonyl (C=O) groups excluding carboxylic acids is 1. The standard InChI is InChI=1S/C18H25NO2/c1-13(2)11-12-19(17(20)16-18(4,5)21-16)14(3)15-9-7-6-8-10-15/h6-11,14,16H,12H2,1-5H3/t14-,16?/m0/s1. The van der Waals surface area contributed by atoms with Crippen LogP contribution in [0.1, 0.15) is 46.2 Å². The molecule has 2 rings (SSSR count). The first kappa shape index (κ1) is 15.8. The maximum atomic E-state index is 12.7. The van der Waals surface area contributed by atoms with E-state index >= 15 is 0 Å². The number of rotatable bonds is 5. The van der Waals surface area contributed by atoms with Crippen molar-refractivity contribution in [3.05, 3.63) is 47.5 Å². The van der Waals surface area contributed by atoms with Crippen LogP contribution in [0.5, 0.6) is 0 Å². The van der Waals surface area contributed by atoms with Crippen LogP contribution >= 0.6 is 0 Å². The number of ether oxygens (including phenoxy) is 1. The van der Waals surface area contributed by atoms with Gasteiger partial charge in [-0.15, -0.1) is 0 Å². The highest BCUT2D eigenvalue weighted by Crippen LogP contribution is 2.38. The summed E-state index contributed by atoms with van der Waals surface area (Å²) < 4.78 is 5.53. The molecular weight excluding hydrogens is 262 g/mol. The molecule has 0 bridgehead atoms. The Hall–Kier alpha value is -1.61. The smallest absolute Gasteiger partial charge is 0.255 e. The van der Waals surface area contributed by atoms with Crippen molar-refractivity contribution in [3.63, 3.8) is 0 Å². The lowest BCUT2D eigenvalue weighted by Crippen LogP contribution is -2.38. The summed E-state index contributed by atoms with van der Waals surface area (Å²) in [4.78, 5) is 14.6. The Balaban J connectivity index is 2.20. The van der Waals surface area contributed by atoms with Gasteiger partial charge in [0.25, 0.3) is 5.91 Å². The molecule has 0 aliphatic carbocycles. The van der Waals surface area contributed by atoms with Gasteiger partial charge in [0, 0.05) is 6.54 Å². The first-order valence-electron chi connectivity index (χ1n) is 7.49. The van der Waals surface area contributed by atoms with Crippen LogP contribution in [0, 0.1) is 0 Å². The lowest BCUT2D eigenvalue weighted by molar-refractivity contribution is -0.134. The predicted octanol–water partition coefficient (Wildman–Crippen LogP) is 3.72. The van der Waals surface area contributed by atoms with E-state index < -0.39 is 0 Å². The van der Waals surface area contributed by atoms with Crippen LogP contribution in [-0.4, -0.2) is 29.1 Å². The van der Waals surface area contributed by atoms with Gasteiger partial charge in [-0.1, -0.05) is 42.0 Å². The Labute approximate surface area is 127 Å². The van der Waals surface area contributed by atoms with Crippen LogP contribution in [0.3, 0.4) is 0 Å². The lowest BCUT2D eigenvalue weighted by Gasteiger charge is -2.28. The monoisotopic (exact) mass is 287 g/mol. The van der Waals surface area contributed by atoms with E-state index in [9.17, 15) is 4.79 Å². The van der Waals surface area contributed by atoms with E-state index in [1.807, 2.05) is 50.8 Å². The summed E-state index contributed by atoms with van der Waals surface area (Å²) in [6.45, 7) is 10.7. The minimum Gasteiger partial charge on any atom is -0.356 e. The van der Waals surface area contributed by atoms with Gasteiger partial charge >= 0.3 is 0 Å². The second-order valence-corrected chi connectivity index (χ2v) is 6.46. The molecule has 0 N–H and O–H groups in total. The summed E-state index contributed by atoms with van der Waals surface area (Å²) in [5.41, 5.74) is 2.03. The fraction of sp³-hybridized carbons (Fsp3) is 0.500. The predicted molar refractivity (Wildman–Crippen MR) is 85.0 cm³/mol. The number of carbonyl (C=O) groups is 1. The van der Waals surface area contributed by atoms with E-state index in [4.69, 9.17) is 4.74 Å². The molecule has 1 aliphatic rings. The number of allylic oxidation sites excluding steroid dienone is 1. The van der Waals surface area contributed by atoms with Gasteiger partial charge in [-0.25, -0.2) is 0 Å². The van der Waals surface area contributed by atoms with Gasteiger partial charge < -0.3 is 9.64 Å². The molecule has 2 atom stereocenters. The van der Waals surface area contributed by atoms with Gasteiger partial charge in [-0.05, 0) is 40.2 Å². The van der Waals surface area contributed by atoms with E-state index in [0.29, 0.717) is 6.54 Å². The summed E-state index contributed by atoms with van der Waals surface area (Å²) in [7, 11) is 0. The molecule has 0 spiro atoms. The van der Waals surface area contributed by atoms with Crippen LogP contribution < -0.4 is 0 Å². The minimum absolute atomic E-state index is 0.0364. The molecule has 21 heavy (non-hydrogen) atoms. The largest absolute Gasteiger partial charge is 0.356 e. The van der Waals surface area contributed by atoms with Crippen LogP contribution in [0.15, 0.2) is 42.0 Å². The lowest BCUT2D eigenvalue weighted by atomic mass is 10.0. The fourth-order valence-electron chi connectivity index (χ4n) is 2.40. The van der Waals surface area contributed by atoms with E-state index in [1.54, 1.807) is 0 Å². The van der Waals surface area contributed by atoms with E-state index in [0.717, 1.165) is 5.56 Å². The highest BCUT2D eigenvalue weighted by Gasteiger charge is 2.54. The second-order valence-electron chi connectivity index (χ2n) is 6.46. The van der Waals surface area contributed by atoms with Gasteiger partial charge in [0.1, 0.15) is 0 Å². The zero-order valence-electron chi connectivity index (χ0n) is 13.6. The molecule has 1 amide bonds. The Kier molecular flexibility index (Phi) is 4.52. The van der Waals surface area contributed by atoms with Crippen molar-refractivity contribution >= 4 is 5.91 Å². The molecule has 1 fully saturated rings. The molecule has 0 radical (unpaired) electrons. The van der Waals surface area contributed by atoms with E-state index in [-0.39, 0.29) is 23.7 Å². The Morgan fingerprint density at radius 3 is 2.38 bits per heavy atom.